The molecule has 0 bridgehead atoms. The van der Waals surface area contributed by atoms with E-state index in [2.05, 4.69) is 24.5 Å². The molecule has 3 rings (SSSR count). The Hall–Kier alpha value is -2.29. The van der Waals surface area contributed by atoms with Gasteiger partial charge in [0.05, 0.1) is 11.0 Å². The molecule has 3 heteroatoms. The number of aromatic hydroxyl groups is 1. The Morgan fingerprint density at radius 1 is 1.05 bits per heavy atom. The Kier molecular flexibility index (Phi) is 3.18. The van der Waals surface area contributed by atoms with Crippen LogP contribution in [-0.4, -0.2) is 14.7 Å². The molecule has 0 aliphatic heterocycles. The Balaban J connectivity index is 2.20. The zero-order valence-electron chi connectivity index (χ0n) is 11.7. The third kappa shape index (κ3) is 2.27. The van der Waals surface area contributed by atoms with E-state index in [-0.39, 0.29) is 5.75 Å². The highest BCUT2D eigenvalue weighted by Gasteiger charge is 2.13. The van der Waals surface area contributed by atoms with Crippen LogP contribution in [-0.2, 0) is 6.54 Å². The largest absolute Gasteiger partial charge is 0.508 e. The van der Waals surface area contributed by atoms with E-state index in [1.165, 1.54) is 0 Å². The van der Waals surface area contributed by atoms with E-state index in [1.807, 2.05) is 30.3 Å². The summed E-state index contributed by atoms with van der Waals surface area (Å²) in [6.07, 6.45) is 0. The lowest BCUT2D eigenvalue weighted by atomic mass is 10.2. The molecule has 0 aliphatic carbocycles. The molecule has 3 aromatic rings. The first kappa shape index (κ1) is 12.7. The highest BCUT2D eigenvalue weighted by Crippen LogP contribution is 2.26. The van der Waals surface area contributed by atoms with E-state index < -0.39 is 0 Å². The average Bonchev–Trinajstić information content (AvgIpc) is 2.78. The molecule has 1 aromatic heterocycles. The van der Waals surface area contributed by atoms with Crippen LogP contribution in [0, 0.1) is 5.92 Å². The SMILES string of the molecule is CC(C)Cn1c(-c2ccc(O)cc2)nc2ccccc21. The topological polar surface area (TPSA) is 38.0 Å². The van der Waals surface area contributed by atoms with Crippen molar-refractivity contribution in [1.82, 2.24) is 9.55 Å². The van der Waals surface area contributed by atoms with Crippen molar-refractivity contribution in [3.63, 3.8) is 0 Å². The molecule has 0 fully saturated rings. The van der Waals surface area contributed by atoms with Gasteiger partial charge in [-0.3, -0.25) is 0 Å². The number of para-hydroxylation sites is 2. The lowest BCUT2D eigenvalue weighted by Gasteiger charge is -2.11. The maximum absolute atomic E-state index is 9.43. The summed E-state index contributed by atoms with van der Waals surface area (Å²) in [5.41, 5.74) is 3.19. The van der Waals surface area contributed by atoms with Crippen molar-refractivity contribution in [3.05, 3.63) is 48.5 Å². The molecule has 0 atom stereocenters. The maximum Gasteiger partial charge on any atom is 0.141 e. The van der Waals surface area contributed by atoms with E-state index in [1.54, 1.807) is 12.1 Å². The summed E-state index contributed by atoms with van der Waals surface area (Å²) in [7, 11) is 0. The van der Waals surface area contributed by atoms with Crippen molar-refractivity contribution in [2.75, 3.05) is 0 Å². The molecule has 0 saturated heterocycles. The lowest BCUT2D eigenvalue weighted by Crippen LogP contribution is -2.06. The summed E-state index contributed by atoms with van der Waals surface area (Å²) in [4.78, 5) is 4.75. The molecule has 0 radical (unpaired) electrons. The molecule has 0 saturated carbocycles. The summed E-state index contributed by atoms with van der Waals surface area (Å²) in [5, 5.41) is 9.43. The Bertz CT molecular complexity index is 726. The van der Waals surface area contributed by atoms with Gasteiger partial charge in [0, 0.05) is 12.1 Å². The summed E-state index contributed by atoms with van der Waals surface area (Å²) < 4.78 is 2.26. The summed E-state index contributed by atoms with van der Waals surface area (Å²) >= 11 is 0. The lowest BCUT2D eigenvalue weighted by molar-refractivity contribution is 0.475. The molecule has 1 heterocycles. The monoisotopic (exact) mass is 266 g/mol. The van der Waals surface area contributed by atoms with Crippen molar-refractivity contribution in [2.24, 2.45) is 5.92 Å². The predicted octanol–water partition coefficient (Wildman–Crippen LogP) is 4.06. The minimum absolute atomic E-state index is 0.278. The number of aromatic nitrogens is 2. The van der Waals surface area contributed by atoms with E-state index in [0.29, 0.717) is 5.92 Å². The number of phenolic OH excluding ortho intramolecular Hbond substituents is 1. The average molecular weight is 266 g/mol. The first-order valence-electron chi connectivity index (χ1n) is 6.90. The van der Waals surface area contributed by atoms with Gasteiger partial charge in [-0.15, -0.1) is 0 Å². The minimum Gasteiger partial charge on any atom is -0.508 e. The second-order valence-corrected chi connectivity index (χ2v) is 5.48. The summed E-state index contributed by atoms with van der Waals surface area (Å²) in [6, 6.07) is 15.4. The third-order valence-corrected chi connectivity index (χ3v) is 3.33. The molecular formula is C17H18N2O. The molecule has 102 valence electrons. The molecule has 0 aliphatic rings. The number of fused-ring (bicyclic) bond motifs is 1. The van der Waals surface area contributed by atoms with Crippen LogP contribution in [0.3, 0.4) is 0 Å². The fourth-order valence-electron chi connectivity index (χ4n) is 2.46. The van der Waals surface area contributed by atoms with Crippen LogP contribution in [0.1, 0.15) is 13.8 Å². The van der Waals surface area contributed by atoms with Gasteiger partial charge in [0.2, 0.25) is 0 Å². The predicted molar refractivity (Wildman–Crippen MR) is 81.7 cm³/mol. The minimum atomic E-state index is 0.278. The van der Waals surface area contributed by atoms with E-state index >= 15 is 0 Å². The number of benzene rings is 2. The van der Waals surface area contributed by atoms with Crippen LogP contribution in [0.15, 0.2) is 48.5 Å². The van der Waals surface area contributed by atoms with Gasteiger partial charge in [-0.1, -0.05) is 26.0 Å². The van der Waals surface area contributed by atoms with Gasteiger partial charge >= 0.3 is 0 Å². The second-order valence-electron chi connectivity index (χ2n) is 5.48. The maximum atomic E-state index is 9.43. The number of imidazole rings is 1. The quantitative estimate of drug-likeness (QED) is 0.776. The number of nitrogens with zero attached hydrogens (tertiary/aromatic N) is 2. The van der Waals surface area contributed by atoms with Crippen LogP contribution < -0.4 is 0 Å². The van der Waals surface area contributed by atoms with Crippen molar-refractivity contribution in [3.8, 4) is 17.1 Å². The number of hydrogen-bond donors (Lipinski definition) is 1. The fourth-order valence-corrected chi connectivity index (χ4v) is 2.46. The first-order valence-corrected chi connectivity index (χ1v) is 6.90. The molecular weight excluding hydrogens is 248 g/mol. The third-order valence-electron chi connectivity index (χ3n) is 3.33. The van der Waals surface area contributed by atoms with Gasteiger partial charge < -0.3 is 9.67 Å². The van der Waals surface area contributed by atoms with Gasteiger partial charge in [0.25, 0.3) is 0 Å². The Labute approximate surface area is 118 Å². The van der Waals surface area contributed by atoms with E-state index in [9.17, 15) is 5.11 Å². The van der Waals surface area contributed by atoms with Crippen molar-refractivity contribution in [2.45, 2.75) is 20.4 Å². The highest BCUT2D eigenvalue weighted by atomic mass is 16.3. The van der Waals surface area contributed by atoms with Crippen molar-refractivity contribution >= 4 is 11.0 Å². The molecule has 2 aromatic carbocycles. The van der Waals surface area contributed by atoms with Gasteiger partial charge in [0.15, 0.2) is 0 Å². The number of rotatable bonds is 3. The van der Waals surface area contributed by atoms with E-state index in [4.69, 9.17) is 4.98 Å². The van der Waals surface area contributed by atoms with Crippen LogP contribution in [0.4, 0.5) is 0 Å². The molecule has 0 amide bonds. The fraction of sp³-hybridized carbons (Fsp3) is 0.235. The zero-order valence-corrected chi connectivity index (χ0v) is 11.7. The molecule has 1 N–H and O–H groups in total. The number of hydrogen-bond acceptors (Lipinski definition) is 2. The van der Waals surface area contributed by atoms with Gasteiger partial charge in [0.1, 0.15) is 11.6 Å². The van der Waals surface area contributed by atoms with Crippen molar-refractivity contribution in [1.29, 1.82) is 0 Å². The normalized spacial score (nSPS) is 11.3. The smallest absolute Gasteiger partial charge is 0.141 e. The Morgan fingerprint density at radius 3 is 2.45 bits per heavy atom. The zero-order chi connectivity index (χ0) is 14.1. The van der Waals surface area contributed by atoms with Crippen LogP contribution in [0.5, 0.6) is 5.75 Å². The summed E-state index contributed by atoms with van der Waals surface area (Å²) in [5.74, 6) is 1.78. The molecule has 0 unspecified atom stereocenters. The van der Waals surface area contributed by atoms with Gasteiger partial charge in [-0.2, -0.15) is 0 Å². The highest BCUT2D eigenvalue weighted by molar-refractivity contribution is 5.80. The number of phenols is 1. The molecule has 20 heavy (non-hydrogen) atoms. The Morgan fingerprint density at radius 2 is 1.75 bits per heavy atom. The van der Waals surface area contributed by atoms with Gasteiger partial charge in [-0.25, -0.2) is 4.98 Å². The second kappa shape index (κ2) is 5.00. The summed E-state index contributed by atoms with van der Waals surface area (Å²) in [6.45, 7) is 5.33. The first-order chi connectivity index (χ1) is 9.65. The van der Waals surface area contributed by atoms with Crippen LogP contribution in [0.25, 0.3) is 22.4 Å². The van der Waals surface area contributed by atoms with E-state index in [0.717, 1.165) is 29.0 Å². The van der Waals surface area contributed by atoms with Gasteiger partial charge in [-0.05, 0) is 42.3 Å². The standard InChI is InChI=1S/C17H18N2O/c1-12(2)11-19-16-6-4-3-5-15(16)18-17(19)13-7-9-14(20)10-8-13/h3-10,12,20H,11H2,1-2H3. The van der Waals surface area contributed by atoms with Crippen LogP contribution >= 0.6 is 0 Å². The molecule has 0 spiro atoms. The van der Waals surface area contributed by atoms with Crippen molar-refractivity contribution < 1.29 is 5.11 Å². The van der Waals surface area contributed by atoms with Crippen LogP contribution in [0.2, 0.25) is 0 Å². The molecule has 3 nitrogen and oxygen atoms in total.